The Morgan fingerprint density at radius 3 is 2.63 bits per heavy atom. The topological polar surface area (TPSA) is 94.4 Å². The van der Waals surface area contributed by atoms with Crippen LogP contribution in [0.1, 0.15) is 23.0 Å². The SMILES string of the molecule is CCS(=O)(=O)N(Cc1ccc(C(=O)OC)cn1)c1cccc2cnn(C)c12. The largest absolute Gasteiger partial charge is 0.465 e. The van der Waals surface area contributed by atoms with Gasteiger partial charge in [0.05, 0.1) is 48.1 Å². The van der Waals surface area contributed by atoms with Gasteiger partial charge in [-0.15, -0.1) is 0 Å². The molecule has 0 aliphatic rings. The van der Waals surface area contributed by atoms with Crippen LogP contribution < -0.4 is 4.31 Å². The average Bonchev–Trinajstić information content (AvgIpc) is 3.07. The molecule has 0 radical (unpaired) electrons. The minimum absolute atomic E-state index is 0.0436. The van der Waals surface area contributed by atoms with E-state index in [1.54, 1.807) is 49.1 Å². The predicted molar refractivity (Wildman–Crippen MR) is 102 cm³/mol. The van der Waals surface area contributed by atoms with Gasteiger partial charge in [0.15, 0.2) is 0 Å². The van der Waals surface area contributed by atoms with Crippen molar-refractivity contribution < 1.29 is 17.9 Å². The Bertz CT molecular complexity index is 1070. The quantitative estimate of drug-likeness (QED) is 0.600. The van der Waals surface area contributed by atoms with Crippen LogP contribution in [-0.4, -0.2) is 42.0 Å². The summed E-state index contributed by atoms with van der Waals surface area (Å²) < 4.78 is 33.2. The van der Waals surface area contributed by atoms with Crippen LogP contribution in [-0.2, 0) is 28.4 Å². The third-order valence-electron chi connectivity index (χ3n) is 4.26. The zero-order chi connectivity index (χ0) is 19.6. The van der Waals surface area contributed by atoms with Crippen LogP contribution in [0.5, 0.6) is 0 Å². The van der Waals surface area contributed by atoms with E-state index in [0.717, 1.165) is 10.9 Å². The van der Waals surface area contributed by atoms with Crippen molar-refractivity contribution in [2.75, 3.05) is 17.2 Å². The number of hydrogen-bond acceptors (Lipinski definition) is 6. The van der Waals surface area contributed by atoms with E-state index in [-0.39, 0.29) is 12.3 Å². The fourth-order valence-corrected chi connectivity index (χ4v) is 3.89. The molecular weight excluding hydrogens is 368 g/mol. The highest BCUT2D eigenvalue weighted by Crippen LogP contribution is 2.29. The molecule has 0 aliphatic carbocycles. The van der Waals surface area contributed by atoms with Gasteiger partial charge in [-0.2, -0.15) is 5.10 Å². The van der Waals surface area contributed by atoms with Crippen molar-refractivity contribution in [1.82, 2.24) is 14.8 Å². The van der Waals surface area contributed by atoms with Crippen molar-refractivity contribution in [2.45, 2.75) is 13.5 Å². The monoisotopic (exact) mass is 388 g/mol. The Morgan fingerprint density at radius 1 is 1.22 bits per heavy atom. The number of esters is 1. The van der Waals surface area contributed by atoms with Crippen molar-refractivity contribution in [3.8, 4) is 0 Å². The number of methoxy groups -OCH3 is 1. The maximum atomic E-state index is 12.8. The number of aromatic nitrogens is 3. The summed E-state index contributed by atoms with van der Waals surface area (Å²) in [5.41, 5.74) is 2.08. The van der Waals surface area contributed by atoms with Crippen molar-refractivity contribution in [3.63, 3.8) is 0 Å². The molecular formula is C18H20N4O4S. The van der Waals surface area contributed by atoms with Crippen molar-refractivity contribution in [3.05, 3.63) is 54.0 Å². The molecule has 2 aromatic heterocycles. The minimum atomic E-state index is -3.57. The first-order chi connectivity index (χ1) is 12.9. The molecule has 8 nitrogen and oxygen atoms in total. The Kier molecular flexibility index (Phi) is 5.13. The van der Waals surface area contributed by atoms with Gasteiger partial charge in [-0.25, -0.2) is 13.2 Å². The Balaban J connectivity index is 2.05. The molecule has 0 amide bonds. The lowest BCUT2D eigenvalue weighted by Gasteiger charge is -2.24. The molecule has 9 heteroatoms. The van der Waals surface area contributed by atoms with Crippen LogP contribution in [0.15, 0.2) is 42.7 Å². The zero-order valence-electron chi connectivity index (χ0n) is 15.3. The number of rotatable bonds is 6. The highest BCUT2D eigenvalue weighted by molar-refractivity contribution is 7.92. The molecule has 0 fully saturated rings. The second-order valence-electron chi connectivity index (χ2n) is 5.92. The van der Waals surface area contributed by atoms with Crippen LogP contribution in [0.2, 0.25) is 0 Å². The van der Waals surface area contributed by atoms with Crippen LogP contribution in [0.3, 0.4) is 0 Å². The third kappa shape index (κ3) is 3.63. The molecule has 0 N–H and O–H groups in total. The molecule has 0 saturated carbocycles. The molecule has 0 atom stereocenters. The summed E-state index contributed by atoms with van der Waals surface area (Å²) in [6.45, 7) is 1.64. The molecule has 3 aromatic rings. The summed E-state index contributed by atoms with van der Waals surface area (Å²) in [5, 5.41) is 5.07. The first-order valence-corrected chi connectivity index (χ1v) is 9.92. The number of sulfonamides is 1. The first kappa shape index (κ1) is 18.8. The van der Waals surface area contributed by atoms with E-state index in [1.165, 1.54) is 17.6 Å². The van der Waals surface area contributed by atoms with Gasteiger partial charge in [0, 0.05) is 18.6 Å². The summed E-state index contributed by atoms with van der Waals surface area (Å²) in [6, 6.07) is 8.61. The van der Waals surface area contributed by atoms with Crippen LogP contribution in [0.4, 0.5) is 5.69 Å². The summed E-state index contributed by atoms with van der Waals surface area (Å²) in [5.74, 6) is -0.548. The first-order valence-electron chi connectivity index (χ1n) is 8.31. The van der Waals surface area contributed by atoms with Gasteiger partial charge in [-0.3, -0.25) is 14.0 Å². The van der Waals surface area contributed by atoms with Gasteiger partial charge in [0.2, 0.25) is 10.0 Å². The number of fused-ring (bicyclic) bond motifs is 1. The number of benzene rings is 1. The van der Waals surface area contributed by atoms with E-state index in [1.807, 2.05) is 6.07 Å². The summed E-state index contributed by atoms with van der Waals surface area (Å²) >= 11 is 0. The van der Waals surface area contributed by atoms with E-state index in [9.17, 15) is 13.2 Å². The third-order valence-corrected chi connectivity index (χ3v) is 5.99. The lowest BCUT2D eigenvalue weighted by molar-refractivity contribution is 0.0600. The van der Waals surface area contributed by atoms with E-state index in [4.69, 9.17) is 0 Å². The van der Waals surface area contributed by atoms with Gasteiger partial charge < -0.3 is 4.74 Å². The fraction of sp³-hybridized carbons (Fsp3) is 0.278. The Morgan fingerprint density at radius 2 is 2.00 bits per heavy atom. The van der Waals surface area contributed by atoms with Crippen LogP contribution in [0, 0.1) is 0 Å². The second-order valence-corrected chi connectivity index (χ2v) is 8.10. The number of hydrogen-bond donors (Lipinski definition) is 0. The fourth-order valence-electron chi connectivity index (χ4n) is 2.81. The maximum absolute atomic E-state index is 12.8. The van der Waals surface area contributed by atoms with Crippen LogP contribution in [0.25, 0.3) is 10.9 Å². The number of nitrogens with zero attached hydrogens (tertiary/aromatic N) is 4. The second kappa shape index (κ2) is 7.36. The highest BCUT2D eigenvalue weighted by Gasteiger charge is 2.24. The molecule has 27 heavy (non-hydrogen) atoms. The van der Waals surface area contributed by atoms with E-state index < -0.39 is 16.0 Å². The molecule has 0 aliphatic heterocycles. The average molecular weight is 388 g/mol. The number of pyridine rings is 1. The van der Waals surface area contributed by atoms with Gasteiger partial charge >= 0.3 is 5.97 Å². The minimum Gasteiger partial charge on any atom is -0.465 e. The van der Waals surface area contributed by atoms with Crippen molar-refractivity contribution in [1.29, 1.82) is 0 Å². The molecule has 0 unspecified atom stereocenters. The van der Waals surface area contributed by atoms with Gasteiger partial charge in [0.25, 0.3) is 0 Å². The molecule has 142 valence electrons. The van der Waals surface area contributed by atoms with Gasteiger partial charge in [-0.1, -0.05) is 12.1 Å². The smallest absolute Gasteiger partial charge is 0.339 e. The molecule has 2 heterocycles. The maximum Gasteiger partial charge on any atom is 0.339 e. The summed E-state index contributed by atoms with van der Waals surface area (Å²) in [4.78, 5) is 15.8. The molecule has 0 bridgehead atoms. The number of ether oxygens (including phenoxy) is 1. The number of carbonyl (C=O) groups excluding carboxylic acids is 1. The number of anilines is 1. The van der Waals surface area contributed by atoms with Crippen molar-refractivity contribution >= 4 is 32.6 Å². The number of aryl methyl sites for hydroxylation is 1. The lowest BCUT2D eigenvalue weighted by Crippen LogP contribution is -2.32. The Labute approximate surface area is 157 Å². The molecule has 1 aromatic carbocycles. The van der Waals surface area contributed by atoms with Crippen LogP contribution >= 0.6 is 0 Å². The van der Waals surface area contributed by atoms with E-state index >= 15 is 0 Å². The zero-order valence-corrected chi connectivity index (χ0v) is 16.1. The molecule has 0 saturated heterocycles. The summed E-state index contributed by atoms with van der Waals surface area (Å²) in [7, 11) is -0.506. The highest BCUT2D eigenvalue weighted by atomic mass is 32.2. The normalized spacial score (nSPS) is 11.5. The standard InChI is InChI=1S/C18H20N4O4S/c1-4-27(24,25)22(12-15-9-8-14(10-19-15)18(23)26-3)16-7-5-6-13-11-20-21(2)17(13)16/h5-11H,4,12H2,1-3H3. The summed E-state index contributed by atoms with van der Waals surface area (Å²) in [6.07, 6.45) is 3.07. The molecule has 0 spiro atoms. The predicted octanol–water partition coefficient (Wildman–Crippen LogP) is 2.11. The molecule has 3 rings (SSSR count). The Hall–Kier alpha value is -2.94. The van der Waals surface area contributed by atoms with E-state index in [0.29, 0.717) is 16.9 Å². The van der Waals surface area contributed by atoms with Crippen molar-refractivity contribution in [2.24, 2.45) is 7.05 Å². The number of para-hydroxylation sites is 1. The van der Waals surface area contributed by atoms with Gasteiger partial charge in [0.1, 0.15) is 0 Å². The number of carbonyl (C=O) groups is 1. The van der Waals surface area contributed by atoms with E-state index in [2.05, 4.69) is 14.8 Å². The lowest BCUT2D eigenvalue weighted by atomic mass is 10.2. The van der Waals surface area contributed by atoms with Gasteiger partial charge in [-0.05, 0) is 25.1 Å².